The van der Waals surface area contributed by atoms with Gasteiger partial charge in [-0.2, -0.15) is 0 Å². The Bertz CT molecular complexity index is 764. The van der Waals surface area contributed by atoms with E-state index in [1.54, 1.807) is 6.07 Å². The van der Waals surface area contributed by atoms with Crippen LogP contribution >= 0.6 is 0 Å². The quantitative estimate of drug-likeness (QED) is 0.431. The van der Waals surface area contributed by atoms with Crippen molar-refractivity contribution in [2.45, 2.75) is 19.8 Å². The largest absolute Gasteiger partial charge is 0.420 e. The molecule has 138 valence electrons. The lowest BCUT2D eigenvalue weighted by molar-refractivity contribution is -0.130. The number of ether oxygens (including phenoxy) is 1. The number of aliphatic hydroxyl groups is 2. The van der Waals surface area contributed by atoms with Crippen LogP contribution in [0, 0.1) is 11.7 Å². The molecule has 0 saturated heterocycles. The molecular formula is C21H23FO4. The molecule has 0 bridgehead atoms. The van der Waals surface area contributed by atoms with Crippen LogP contribution in [0.3, 0.4) is 0 Å². The molecule has 26 heavy (non-hydrogen) atoms. The summed E-state index contributed by atoms with van der Waals surface area (Å²) >= 11 is 0. The summed E-state index contributed by atoms with van der Waals surface area (Å²) in [5.74, 6) is -1.52. The van der Waals surface area contributed by atoms with E-state index in [4.69, 9.17) is 14.9 Å². The summed E-state index contributed by atoms with van der Waals surface area (Å²) in [6, 6.07) is 12.1. The molecule has 4 nitrogen and oxygen atoms in total. The Morgan fingerprint density at radius 2 is 1.73 bits per heavy atom. The van der Waals surface area contributed by atoms with Crippen molar-refractivity contribution in [3.8, 4) is 16.9 Å². The lowest BCUT2D eigenvalue weighted by Gasteiger charge is -2.11. The van der Waals surface area contributed by atoms with E-state index in [2.05, 4.69) is 6.58 Å². The Hall–Kier alpha value is -2.50. The first-order valence-corrected chi connectivity index (χ1v) is 8.43. The first-order valence-electron chi connectivity index (χ1n) is 8.43. The van der Waals surface area contributed by atoms with Gasteiger partial charge in [0.2, 0.25) is 0 Å². The summed E-state index contributed by atoms with van der Waals surface area (Å²) in [6.45, 7) is 4.90. The van der Waals surface area contributed by atoms with Crippen LogP contribution in [0.4, 0.5) is 4.39 Å². The van der Waals surface area contributed by atoms with Crippen molar-refractivity contribution >= 4 is 5.97 Å². The zero-order valence-electron chi connectivity index (χ0n) is 14.7. The van der Waals surface area contributed by atoms with Crippen molar-refractivity contribution in [1.29, 1.82) is 0 Å². The molecule has 0 aliphatic rings. The van der Waals surface area contributed by atoms with E-state index in [9.17, 15) is 9.18 Å². The van der Waals surface area contributed by atoms with E-state index in [0.717, 1.165) is 17.5 Å². The highest BCUT2D eigenvalue weighted by Crippen LogP contribution is 2.26. The Balaban J connectivity index is 2.08. The number of esters is 1. The highest BCUT2D eigenvalue weighted by Gasteiger charge is 2.12. The van der Waals surface area contributed by atoms with E-state index >= 15 is 0 Å². The van der Waals surface area contributed by atoms with Crippen molar-refractivity contribution in [1.82, 2.24) is 0 Å². The molecule has 0 saturated carbocycles. The van der Waals surface area contributed by atoms with Gasteiger partial charge in [0, 0.05) is 24.7 Å². The van der Waals surface area contributed by atoms with Gasteiger partial charge < -0.3 is 14.9 Å². The van der Waals surface area contributed by atoms with Crippen molar-refractivity contribution in [2.75, 3.05) is 13.2 Å². The fraction of sp³-hybridized carbons (Fsp3) is 0.286. The first kappa shape index (κ1) is 19.8. The summed E-state index contributed by atoms with van der Waals surface area (Å²) in [7, 11) is 0. The second-order valence-electron chi connectivity index (χ2n) is 6.28. The van der Waals surface area contributed by atoms with Gasteiger partial charge >= 0.3 is 5.97 Å². The van der Waals surface area contributed by atoms with Crippen LogP contribution < -0.4 is 4.74 Å². The fourth-order valence-corrected chi connectivity index (χ4v) is 2.43. The van der Waals surface area contributed by atoms with E-state index in [1.165, 1.54) is 19.1 Å². The molecule has 0 aromatic heterocycles. The minimum atomic E-state index is -0.662. The second-order valence-corrected chi connectivity index (χ2v) is 6.28. The summed E-state index contributed by atoms with van der Waals surface area (Å²) in [6.07, 6.45) is 1.44. The van der Waals surface area contributed by atoms with E-state index in [0.29, 0.717) is 12.0 Å². The summed E-state index contributed by atoms with van der Waals surface area (Å²) < 4.78 is 19.1. The van der Waals surface area contributed by atoms with Crippen LogP contribution in [-0.4, -0.2) is 29.4 Å². The molecule has 5 heteroatoms. The summed E-state index contributed by atoms with van der Waals surface area (Å²) in [5, 5.41) is 18.2. The van der Waals surface area contributed by atoms with Crippen LogP contribution in [0.25, 0.3) is 11.1 Å². The van der Waals surface area contributed by atoms with Crippen molar-refractivity contribution in [3.05, 3.63) is 66.0 Å². The summed E-state index contributed by atoms with van der Waals surface area (Å²) in [5.41, 5.74) is 2.79. The van der Waals surface area contributed by atoms with Crippen LogP contribution in [0.1, 0.15) is 18.9 Å². The molecule has 2 N–H and O–H groups in total. The number of rotatable bonds is 8. The van der Waals surface area contributed by atoms with Crippen LogP contribution in [-0.2, 0) is 11.2 Å². The zero-order valence-corrected chi connectivity index (χ0v) is 14.7. The topological polar surface area (TPSA) is 66.8 Å². The van der Waals surface area contributed by atoms with Gasteiger partial charge in [0.05, 0.1) is 0 Å². The molecule has 0 fully saturated rings. The van der Waals surface area contributed by atoms with Gasteiger partial charge in [0.15, 0.2) is 11.6 Å². The SMILES string of the molecule is C=C(C)C(=O)Oc1ccc(-c2ccc(CCC(CO)CO)cc2)cc1F. The number of aryl methyl sites for hydroxylation is 1. The smallest absolute Gasteiger partial charge is 0.338 e. The average Bonchev–Trinajstić information content (AvgIpc) is 2.64. The number of hydrogen-bond donors (Lipinski definition) is 2. The minimum Gasteiger partial charge on any atom is -0.420 e. The zero-order chi connectivity index (χ0) is 19.1. The normalized spacial score (nSPS) is 10.8. The van der Waals surface area contributed by atoms with E-state index in [-0.39, 0.29) is 30.5 Å². The summed E-state index contributed by atoms with van der Waals surface area (Å²) in [4.78, 5) is 11.5. The lowest BCUT2D eigenvalue weighted by atomic mass is 9.98. The Morgan fingerprint density at radius 1 is 1.12 bits per heavy atom. The highest BCUT2D eigenvalue weighted by atomic mass is 19.1. The maximum atomic E-state index is 14.2. The molecule has 0 heterocycles. The number of halogens is 1. The third kappa shape index (κ3) is 5.25. The standard InChI is InChI=1S/C21H23FO4/c1-14(2)21(25)26-20-10-9-18(11-19(20)22)17-7-5-15(6-8-17)3-4-16(12-23)13-24/h5-11,16,23-24H,1,3-4,12-13H2,2H3. The van der Waals surface area contributed by atoms with Gasteiger partial charge in [-0.3, -0.25) is 0 Å². The van der Waals surface area contributed by atoms with Crippen LogP contribution in [0.5, 0.6) is 5.75 Å². The molecule has 2 rings (SSSR count). The van der Waals surface area contributed by atoms with E-state index in [1.807, 2.05) is 24.3 Å². The highest BCUT2D eigenvalue weighted by molar-refractivity contribution is 5.88. The van der Waals surface area contributed by atoms with Gasteiger partial charge in [-0.1, -0.05) is 36.9 Å². The van der Waals surface area contributed by atoms with Gasteiger partial charge in [0.25, 0.3) is 0 Å². The van der Waals surface area contributed by atoms with Crippen LogP contribution in [0.2, 0.25) is 0 Å². The molecule has 0 radical (unpaired) electrons. The fourth-order valence-electron chi connectivity index (χ4n) is 2.43. The third-order valence-electron chi connectivity index (χ3n) is 4.13. The lowest BCUT2D eigenvalue weighted by Crippen LogP contribution is -2.11. The Labute approximate surface area is 152 Å². The van der Waals surface area contributed by atoms with Gasteiger partial charge in [-0.05, 0) is 48.6 Å². The molecule has 0 spiro atoms. The van der Waals surface area contributed by atoms with Gasteiger partial charge in [0.1, 0.15) is 0 Å². The molecule has 0 unspecified atom stereocenters. The van der Waals surface area contributed by atoms with Gasteiger partial charge in [-0.15, -0.1) is 0 Å². The number of benzene rings is 2. The van der Waals surface area contributed by atoms with Crippen molar-refractivity contribution in [2.24, 2.45) is 5.92 Å². The molecule has 0 aliphatic heterocycles. The van der Waals surface area contributed by atoms with Gasteiger partial charge in [-0.25, -0.2) is 9.18 Å². The second kappa shape index (κ2) is 9.27. The molecule has 2 aromatic rings. The van der Waals surface area contributed by atoms with E-state index < -0.39 is 11.8 Å². The average molecular weight is 358 g/mol. The number of hydrogen-bond acceptors (Lipinski definition) is 4. The number of carbonyl (C=O) groups is 1. The first-order chi connectivity index (χ1) is 12.4. The Morgan fingerprint density at radius 3 is 2.27 bits per heavy atom. The third-order valence-corrected chi connectivity index (χ3v) is 4.13. The number of carbonyl (C=O) groups excluding carboxylic acids is 1. The predicted octanol–water partition coefficient (Wildman–Crippen LogP) is 3.51. The predicted molar refractivity (Wildman–Crippen MR) is 98.3 cm³/mol. The monoisotopic (exact) mass is 358 g/mol. The Kier molecular flexibility index (Phi) is 7.06. The molecular weight excluding hydrogens is 335 g/mol. The molecule has 0 aliphatic carbocycles. The maximum Gasteiger partial charge on any atom is 0.338 e. The molecule has 0 amide bonds. The minimum absolute atomic E-state index is 0.0316. The van der Waals surface area contributed by atoms with Crippen molar-refractivity contribution in [3.63, 3.8) is 0 Å². The molecule has 2 aromatic carbocycles. The molecule has 0 atom stereocenters. The van der Waals surface area contributed by atoms with Crippen LogP contribution in [0.15, 0.2) is 54.6 Å². The maximum absolute atomic E-state index is 14.2. The number of aliphatic hydroxyl groups excluding tert-OH is 2. The van der Waals surface area contributed by atoms with Crippen molar-refractivity contribution < 1.29 is 24.1 Å².